The molecule has 0 spiro atoms. The van der Waals surface area contributed by atoms with Crippen molar-refractivity contribution in [3.8, 4) is 5.40 Å². The van der Waals surface area contributed by atoms with Crippen LogP contribution >= 0.6 is 11.8 Å². The number of nitrogens with zero attached hydrogens (tertiary/aromatic N) is 1. The van der Waals surface area contributed by atoms with E-state index in [1.165, 1.54) is 0 Å². The number of hydrogen-bond donors (Lipinski definition) is 2. The van der Waals surface area contributed by atoms with Gasteiger partial charge in [0.2, 0.25) is 0 Å². The van der Waals surface area contributed by atoms with Crippen LogP contribution in [-0.2, 0) is 0 Å². The smallest absolute Gasteiger partial charge is 0.138 e. The normalized spacial score (nSPS) is 9.00. The summed E-state index contributed by atoms with van der Waals surface area (Å²) in [6, 6.07) is 5.24. The van der Waals surface area contributed by atoms with Gasteiger partial charge in [0.05, 0.1) is 11.4 Å². The number of para-hydroxylation sites is 1. The van der Waals surface area contributed by atoms with Crippen molar-refractivity contribution < 1.29 is 0 Å². The minimum absolute atomic E-state index is 0.485. The second-order valence-corrected chi connectivity index (χ2v) is 2.78. The van der Waals surface area contributed by atoms with Crippen LogP contribution in [0.5, 0.6) is 0 Å². The zero-order valence-electron chi connectivity index (χ0n) is 5.74. The average Bonchev–Trinajstić information content (AvgIpc) is 1.99. The minimum atomic E-state index is 0.485. The molecule has 3 nitrogen and oxygen atoms in total. The lowest BCUT2D eigenvalue weighted by Crippen LogP contribution is -1.95. The van der Waals surface area contributed by atoms with Gasteiger partial charge in [-0.1, -0.05) is 6.07 Å². The van der Waals surface area contributed by atoms with E-state index in [0.29, 0.717) is 16.3 Å². The number of hydrogen-bond acceptors (Lipinski definition) is 4. The summed E-state index contributed by atoms with van der Waals surface area (Å²) < 4.78 is 0. The molecule has 0 atom stereocenters. The number of benzene rings is 1. The molecule has 0 unspecified atom stereocenters. The van der Waals surface area contributed by atoms with Crippen molar-refractivity contribution in [1.29, 1.82) is 5.26 Å². The van der Waals surface area contributed by atoms with Crippen molar-refractivity contribution in [3.05, 3.63) is 18.2 Å². The first kappa shape index (κ1) is 7.76. The third-order valence-corrected chi connectivity index (χ3v) is 1.92. The van der Waals surface area contributed by atoms with Gasteiger partial charge >= 0.3 is 0 Å². The van der Waals surface area contributed by atoms with E-state index in [2.05, 4.69) is 0 Å². The van der Waals surface area contributed by atoms with E-state index in [9.17, 15) is 0 Å². The van der Waals surface area contributed by atoms with Crippen LogP contribution in [0.3, 0.4) is 0 Å². The van der Waals surface area contributed by atoms with E-state index in [-0.39, 0.29) is 0 Å². The van der Waals surface area contributed by atoms with Crippen LogP contribution < -0.4 is 11.5 Å². The topological polar surface area (TPSA) is 75.8 Å². The Morgan fingerprint density at radius 2 is 2.09 bits per heavy atom. The van der Waals surface area contributed by atoms with Gasteiger partial charge in [0.15, 0.2) is 0 Å². The molecule has 0 saturated carbocycles. The fourth-order valence-corrected chi connectivity index (χ4v) is 1.17. The molecular formula is C7H7N3S. The molecular weight excluding hydrogens is 158 g/mol. The Hall–Kier alpha value is -1.34. The molecule has 0 fully saturated rings. The van der Waals surface area contributed by atoms with E-state index in [0.717, 1.165) is 11.8 Å². The Morgan fingerprint density at radius 1 is 1.36 bits per heavy atom. The quantitative estimate of drug-likeness (QED) is 0.375. The van der Waals surface area contributed by atoms with Gasteiger partial charge in [-0.15, -0.1) is 0 Å². The summed E-state index contributed by atoms with van der Waals surface area (Å²) in [5.74, 6) is 0. The lowest BCUT2D eigenvalue weighted by Gasteiger charge is -2.01. The van der Waals surface area contributed by atoms with Crippen LogP contribution in [-0.4, -0.2) is 0 Å². The van der Waals surface area contributed by atoms with Gasteiger partial charge in [-0.25, -0.2) is 0 Å². The summed E-state index contributed by atoms with van der Waals surface area (Å²) in [5, 5.41) is 10.3. The summed E-state index contributed by atoms with van der Waals surface area (Å²) >= 11 is 1.02. The van der Waals surface area contributed by atoms with Crippen LogP contribution in [0, 0.1) is 10.7 Å². The van der Waals surface area contributed by atoms with Crippen molar-refractivity contribution in [2.75, 3.05) is 11.5 Å². The SMILES string of the molecule is N#CSc1cccc(N)c1N. The summed E-state index contributed by atoms with van der Waals surface area (Å²) in [7, 11) is 0. The average molecular weight is 165 g/mol. The predicted octanol–water partition coefficient (Wildman–Crippen LogP) is 1.42. The molecule has 4 heteroatoms. The van der Waals surface area contributed by atoms with Gasteiger partial charge in [-0.3, -0.25) is 0 Å². The summed E-state index contributed by atoms with van der Waals surface area (Å²) in [6.07, 6.45) is 0. The zero-order valence-corrected chi connectivity index (χ0v) is 6.56. The first-order valence-electron chi connectivity index (χ1n) is 2.95. The molecule has 11 heavy (non-hydrogen) atoms. The summed E-state index contributed by atoms with van der Waals surface area (Å²) in [6.45, 7) is 0. The fraction of sp³-hybridized carbons (Fsp3) is 0. The maximum absolute atomic E-state index is 8.35. The highest BCUT2D eigenvalue weighted by atomic mass is 32.2. The standard InChI is InChI=1S/C7H7N3S/c8-4-11-6-3-1-2-5(9)7(6)10/h1-3H,9-10H2. The highest BCUT2D eigenvalue weighted by molar-refractivity contribution is 8.03. The molecule has 0 amide bonds. The molecule has 0 bridgehead atoms. The van der Waals surface area contributed by atoms with Gasteiger partial charge in [0.1, 0.15) is 5.40 Å². The summed E-state index contributed by atoms with van der Waals surface area (Å²) in [5.41, 5.74) is 12.1. The molecule has 0 aliphatic heterocycles. The highest BCUT2D eigenvalue weighted by Crippen LogP contribution is 2.27. The number of anilines is 2. The molecule has 1 aromatic rings. The molecule has 0 heterocycles. The zero-order chi connectivity index (χ0) is 8.27. The number of nitrogens with two attached hydrogens (primary N) is 2. The predicted molar refractivity (Wildman–Crippen MR) is 46.7 cm³/mol. The van der Waals surface area contributed by atoms with Crippen LogP contribution in [0.2, 0.25) is 0 Å². The third-order valence-electron chi connectivity index (χ3n) is 1.26. The summed E-state index contributed by atoms with van der Waals surface area (Å²) in [4.78, 5) is 0.715. The lowest BCUT2D eigenvalue weighted by atomic mass is 10.3. The third kappa shape index (κ3) is 1.57. The van der Waals surface area contributed by atoms with E-state index in [1.54, 1.807) is 18.2 Å². The van der Waals surface area contributed by atoms with Crippen molar-refractivity contribution in [3.63, 3.8) is 0 Å². The van der Waals surface area contributed by atoms with Crippen molar-refractivity contribution in [2.24, 2.45) is 0 Å². The second kappa shape index (κ2) is 3.17. The maximum atomic E-state index is 8.35. The number of rotatable bonds is 1. The van der Waals surface area contributed by atoms with Crippen LogP contribution in [0.4, 0.5) is 11.4 Å². The fourth-order valence-electron chi connectivity index (χ4n) is 0.699. The number of thiocyanates is 1. The lowest BCUT2D eigenvalue weighted by molar-refractivity contribution is 1.46. The van der Waals surface area contributed by atoms with E-state index in [4.69, 9.17) is 16.7 Å². The van der Waals surface area contributed by atoms with Crippen molar-refractivity contribution >= 4 is 23.1 Å². The number of nitrogen functional groups attached to an aromatic ring is 2. The van der Waals surface area contributed by atoms with Gasteiger partial charge in [-0.2, -0.15) is 5.26 Å². The van der Waals surface area contributed by atoms with Crippen LogP contribution in [0.25, 0.3) is 0 Å². The number of nitriles is 1. The van der Waals surface area contributed by atoms with Gasteiger partial charge < -0.3 is 11.5 Å². The molecule has 0 saturated heterocycles. The van der Waals surface area contributed by atoms with Gasteiger partial charge in [-0.05, 0) is 23.9 Å². The molecule has 1 aromatic carbocycles. The highest BCUT2D eigenvalue weighted by Gasteiger charge is 2.00. The first-order chi connectivity index (χ1) is 5.25. The molecule has 56 valence electrons. The van der Waals surface area contributed by atoms with E-state index >= 15 is 0 Å². The second-order valence-electron chi connectivity index (χ2n) is 1.95. The Balaban J connectivity index is 3.08. The Morgan fingerprint density at radius 3 is 2.73 bits per heavy atom. The van der Waals surface area contributed by atoms with E-state index < -0.39 is 0 Å². The minimum Gasteiger partial charge on any atom is -0.397 e. The number of thioether (sulfide) groups is 1. The molecule has 0 aliphatic rings. The van der Waals surface area contributed by atoms with E-state index in [1.807, 2.05) is 5.40 Å². The Bertz CT molecular complexity index is 303. The largest absolute Gasteiger partial charge is 0.397 e. The van der Waals surface area contributed by atoms with Crippen LogP contribution in [0.15, 0.2) is 23.1 Å². The van der Waals surface area contributed by atoms with Crippen molar-refractivity contribution in [2.45, 2.75) is 4.90 Å². The molecule has 1 rings (SSSR count). The monoisotopic (exact) mass is 165 g/mol. The Labute approximate surface area is 69.0 Å². The molecule has 0 aromatic heterocycles. The Kier molecular flexibility index (Phi) is 2.24. The van der Waals surface area contributed by atoms with Gasteiger partial charge in [0.25, 0.3) is 0 Å². The molecule has 0 radical (unpaired) electrons. The molecule has 0 aliphatic carbocycles. The van der Waals surface area contributed by atoms with Gasteiger partial charge in [0, 0.05) is 4.90 Å². The maximum Gasteiger partial charge on any atom is 0.138 e. The van der Waals surface area contributed by atoms with Crippen LogP contribution in [0.1, 0.15) is 0 Å². The molecule has 4 N–H and O–H groups in total. The van der Waals surface area contributed by atoms with Crippen molar-refractivity contribution in [1.82, 2.24) is 0 Å². The first-order valence-corrected chi connectivity index (χ1v) is 3.77.